The van der Waals surface area contributed by atoms with Crippen molar-refractivity contribution in [2.24, 2.45) is 0 Å². The van der Waals surface area contributed by atoms with Gasteiger partial charge in [0, 0.05) is 29.4 Å². The number of hydrogen-bond acceptors (Lipinski definition) is 4. The van der Waals surface area contributed by atoms with Crippen LogP contribution in [-0.2, 0) is 19.4 Å². The lowest BCUT2D eigenvalue weighted by Gasteiger charge is -2.09. The Morgan fingerprint density at radius 3 is 2.90 bits per heavy atom. The normalized spacial score (nSPS) is 14.0. The highest BCUT2D eigenvalue weighted by Gasteiger charge is 2.14. The van der Waals surface area contributed by atoms with Crippen LogP contribution in [0.15, 0.2) is 24.3 Å². The summed E-state index contributed by atoms with van der Waals surface area (Å²) in [6.07, 6.45) is 4.30. The summed E-state index contributed by atoms with van der Waals surface area (Å²) in [5, 5.41) is 5.41. The summed E-state index contributed by atoms with van der Waals surface area (Å²) >= 11 is 7.70. The third kappa shape index (κ3) is 4.19. The number of rotatable bonds is 6. The Balaban J connectivity index is 1.38. The highest BCUT2D eigenvalue weighted by atomic mass is 35.5. The molecule has 3 rings (SSSR count). The number of benzene rings is 1. The van der Waals surface area contributed by atoms with Crippen molar-refractivity contribution in [2.45, 2.75) is 32.2 Å². The number of unbranched alkanes of at least 4 members (excludes halogenated alkanes) is 1. The molecule has 0 aliphatic carbocycles. The largest absolute Gasteiger partial charge is 0.494 e. The van der Waals surface area contributed by atoms with Crippen LogP contribution in [0.5, 0.6) is 5.75 Å². The van der Waals surface area contributed by atoms with Gasteiger partial charge in [-0.15, -0.1) is 11.3 Å². The topological polar surface area (TPSA) is 34.1 Å². The van der Waals surface area contributed by atoms with Gasteiger partial charge in [-0.3, -0.25) is 0 Å². The molecule has 0 fully saturated rings. The molecule has 0 bridgehead atoms. The molecular formula is C16H19ClN2OS. The van der Waals surface area contributed by atoms with E-state index in [1.807, 2.05) is 35.6 Å². The van der Waals surface area contributed by atoms with E-state index >= 15 is 0 Å². The standard InChI is InChI=1S/C16H19ClN2OS/c17-12-4-6-13(7-5-12)20-10-2-1-3-16-19-14-8-9-18-11-15(14)21-16/h4-7,18H,1-3,8-11H2. The van der Waals surface area contributed by atoms with Gasteiger partial charge >= 0.3 is 0 Å². The molecule has 0 atom stereocenters. The van der Waals surface area contributed by atoms with Crippen molar-refractivity contribution in [3.05, 3.63) is 44.9 Å². The lowest BCUT2D eigenvalue weighted by Crippen LogP contribution is -2.22. The SMILES string of the molecule is Clc1ccc(OCCCCc2nc3c(s2)CNCC3)cc1. The van der Waals surface area contributed by atoms with Gasteiger partial charge in [-0.1, -0.05) is 11.6 Å². The van der Waals surface area contributed by atoms with Crippen molar-refractivity contribution in [1.29, 1.82) is 0 Å². The van der Waals surface area contributed by atoms with Crippen LogP contribution in [0.4, 0.5) is 0 Å². The molecule has 0 spiro atoms. The molecule has 0 saturated carbocycles. The number of nitrogens with one attached hydrogen (secondary N) is 1. The first-order valence-corrected chi connectivity index (χ1v) is 8.57. The summed E-state index contributed by atoms with van der Waals surface area (Å²) < 4.78 is 5.69. The molecule has 112 valence electrons. The van der Waals surface area contributed by atoms with Gasteiger partial charge in [0.1, 0.15) is 5.75 Å². The van der Waals surface area contributed by atoms with Crippen molar-refractivity contribution >= 4 is 22.9 Å². The van der Waals surface area contributed by atoms with E-state index in [1.165, 1.54) is 15.6 Å². The Hall–Kier alpha value is -1.10. The van der Waals surface area contributed by atoms with Crippen LogP contribution in [-0.4, -0.2) is 18.1 Å². The van der Waals surface area contributed by atoms with Gasteiger partial charge in [-0.2, -0.15) is 0 Å². The minimum Gasteiger partial charge on any atom is -0.494 e. The summed E-state index contributed by atoms with van der Waals surface area (Å²) in [7, 11) is 0. The first-order chi connectivity index (χ1) is 10.3. The second kappa shape index (κ2) is 7.25. The number of aromatic nitrogens is 1. The number of fused-ring (bicyclic) bond motifs is 1. The summed E-state index contributed by atoms with van der Waals surface area (Å²) in [5.41, 5.74) is 1.31. The van der Waals surface area contributed by atoms with E-state index in [4.69, 9.17) is 21.3 Å². The van der Waals surface area contributed by atoms with Gasteiger partial charge in [-0.25, -0.2) is 4.98 Å². The molecule has 0 radical (unpaired) electrons. The summed E-state index contributed by atoms with van der Waals surface area (Å²) in [5.74, 6) is 0.884. The maximum Gasteiger partial charge on any atom is 0.119 e. The zero-order valence-corrected chi connectivity index (χ0v) is 13.5. The lowest BCUT2D eigenvalue weighted by atomic mass is 10.2. The second-order valence-corrected chi connectivity index (χ2v) is 6.77. The fourth-order valence-electron chi connectivity index (χ4n) is 2.39. The van der Waals surface area contributed by atoms with Crippen molar-refractivity contribution < 1.29 is 4.74 Å². The number of thiazole rings is 1. The molecule has 1 aromatic carbocycles. The number of halogens is 1. The zero-order valence-electron chi connectivity index (χ0n) is 11.9. The molecule has 0 saturated heterocycles. The molecule has 2 aromatic rings. The Bertz CT molecular complexity index is 559. The van der Waals surface area contributed by atoms with E-state index in [9.17, 15) is 0 Å². The van der Waals surface area contributed by atoms with E-state index in [-0.39, 0.29) is 0 Å². The molecule has 1 aliphatic rings. The Kier molecular flexibility index (Phi) is 5.12. The third-order valence-corrected chi connectivity index (χ3v) is 4.92. The molecular weight excluding hydrogens is 304 g/mol. The first kappa shape index (κ1) is 14.8. The van der Waals surface area contributed by atoms with Crippen LogP contribution in [0.25, 0.3) is 0 Å². The van der Waals surface area contributed by atoms with Crippen molar-refractivity contribution in [2.75, 3.05) is 13.2 Å². The minimum absolute atomic E-state index is 0.740. The number of aryl methyl sites for hydroxylation is 1. The Labute approximate surface area is 134 Å². The molecule has 5 heteroatoms. The third-order valence-electron chi connectivity index (χ3n) is 3.51. The summed E-state index contributed by atoms with van der Waals surface area (Å²) in [4.78, 5) is 6.16. The van der Waals surface area contributed by atoms with Crippen molar-refractivity contribution in [1.82, 2.24) is 10.3 Å². The predicted octanol–water partition coefficient (Wildman–Crippen LogP) is 3.84. The van der Waals surface area contributed by atoms with Crippen LogP contribution in [0.2, 0.25) is 5.02 Å². The van der Waals surface area contributed by atoms with Gasteiger partial charge in [0.25, 0.3) is 0 Å². The molecule has 0 amide bonds. The van der Waals surface area contributed by atoms with Crippen LogP contribution in [0, 0.1) is 0 Å². The molecule has 3 nitrogen and oxygen atoms in total. The zero-order chi connectivity index (χ0) is 14.5. The van der Waals surface area contributed by atoms with E-state index in [2.05, 4.69) is 5.32 Å². The highest BCUT2D eigenvalue weighted by molar-refractivity contribution is 7.11. The predicted molar refractivity (Wildman–Crippen MR) is 87.4 cm³/mol. The number of nitrogens with zero attached hydrogens (tertiary/aromatic N) is 1. The quantitative estimate of drug-likeness (QED) is 0.820. The molecule has 1 aliphatic heterocycles. The average Bonchev–Trinajstić information content (AvgIpc) is 2.91. The van der Waals surface area contributed by atoms with E-state index in [1.54, 1.807) is 0 Å². The van der Waals surface area contributed by atoms with E-state index in [0.717, 1.165) is 56.2 Å². The molecule has 1 aromatic heterocycles. The van der Waals surface area contributed by atoms with Crippen molar-refractivity contribution in [3.8, 4) is 5.75 Å². The van der Waals surface area contributed by atoms with E-state index < -0.39 is 0 Å². The van der Waals surface area contributed by atoms with Gasteiger partial charge in [0.15, 0.2) is 0 Å². The first-order valence-electron chi connectivity index (χ1n) is 7.38. The highest BCUT2D eigenvalue weighted by Crippen LogP contribution is 2.23. The van der Waals surface area contributed by atoms with E-state index in [0.29, 0.717) is 0 Å². The van der Waals surface area contributed by atoms with Crippen LogP contribution < -0.4 is 10.1 Å². The van der Waals surface area contributed by atoms with Crippen LogP contribution in [0.3, 0.4) is 0 Å². The maximum atomic E-state index is 5.84. The smallest absolute Gasteiger partial charge is 0.119 e. The summed E-state index contributed by atoms with van der Waals surface area (Å²) in [6, 6.07) is 7.52. The Morgan fingerprint density at radius 2 is 2.10 bits per heavy atom. The lowest BCUT2D eigenvalue weighted by molar-refractivity contribution is 0.307. The average molecular weight is 323 g/mol. The summed E-state index contributed by atoms with van der Waals surface area (Å²) in [6.45, 7) is 2.80. The second-order valence-electron chi connectivity index (χ2n) is 5.16. The molecule has 21 heavy (non-hydrogen) atoms. The maximum absolute atomic E-state index is 5.84. The van der Waals surface area contributed by atoms with Gasteiger partial charge in [0.2, 0.25) is 0 Å². The fourth-order valence-corrected chi connectivity index (χ4v) is 3.64. The molecule has 2 heterocycles. The Morgan fingerprint density at radius 1 is 1.24 bits per heavy atom. The molecule has 0 unspecified atom stereocenters. The van der Waals surface area contributed by atoms with Crippen LogP contribution in [0.1, 0.15) is 28.4 Å². The van der Waals surface area contributed by atoms with Crippen molar-refractivity contribution in [3.63, 3.8) is 0 Å². The van der Waals surface area contributed by atoms with Gasteiger partial charge in [0.05, 0.1) is 17.3 Å². The van der Waals surface area contributed by atoms with Gasteiger partial charge in [-0.05, 0) is 43.5 Å². The van der Waals surface area contributed by atoms with Gasteiger partial charge < -0.3 is 10.1 Å². The monoisotopic (exact) mass is 322 g/mol. The number of hydrogen-bond donors (Lipinski definition) is 1. The number of ether oxygens (including phenoxy) is 1. The fraction of sp³-hybridized carbons (Fsp3) is 0.438. The van der Waals surface area contributed by atoms with Crippen LogP contribution >= 0.6 is 22.9 Å². The minimum atomic E-state index is 0.740. The molecule has 1 N–H and O–H groups in total.